The molecule has 6 heteroatoms. The highest BCUT2D eigenvalue weighted by atomic mass is 32.2. The normalized spacial score (nSPS) is 18.6. The molecule has 1 unspecified atom stereocenters. The van der Waals surface area contributed by atoms with E-state index in [0.717, 1.165) is 37.9 Å². The van der Waals surface area contributed by atoms with E-state index in [1.165, 1.54) is 6.07 Å². The highest BCUT2D eigenvalue weighted by Gasteiger charge is 2.28. The summed E-state index contributed by atoms with van der Waals surface area (Å²) in [6.45, 7) is 3.37. The van der Waals surface area contributed by atoms with Gasteiger partial charge in [-0.05, 0) is 25.8 Å². The van der Waals surface area contributed by atoms with E-state index in [4.69, 9.17) is 5.11 Å². The molecular formula is C12H16N2O3S. The van der Waals surface area contributed by atoms with E-state index >= 15 is 0 Å². The average Bonchev–Trinajstić information content (AvgIpc) is 2.39. The van der Waals surface area contributed by atoms with Crippen LogP contribution in [0.3, 0.4) is 0 Å². The van der Waals surface area contributed by atoms with E-state index in [0.29, 0.717) is 5.03 Å². The second kappa shape index (κ2) is 5.69. The lowest BCUT2D eigenvalue weighted by atomic mass is 10.2. The van der Waals surface area contributed by atoms with Gasteiger partial charge < -0.3 is 9.66 Å². The summed E-state index contributed by atoms with van der Waals surface area (Å²) >= 11 is -1.35. The van der Waals surface area contributed by atoms with Crippen LogP contribution in [0.1, 0.15) is 35.3 Å². The number of aryl methyl sites for hydroxylation is 1. The first kappa shape index (κ1) is 13.3. The maximum atomic E-state index is 12.4. The SMILES string of the molecule is Cc1ccc(C(=O)O)nc1[S+]([O-])N1CCCCC1. The molecule has 0 saturated carbocycles. The molecule has 1 aromatic heterocycles. The molecule has 0 amide bonds. The largest absolute Gasteiger partial charge is 0.591 e. The Labute approximate surface area is 109 Å². The van der Waals surface area contributed by atoms with Crippen molar-refractivity contribution in [1.29, 1.82) is 0 Å². The third-order valence-corrected chi connectivity index (χ3v) is 4.56. The lowest BCUT2D eigenvalue weighted by Crippen LogP contribution is -2.36. The summed E-state index contributed by atoms with van der Waals surface area (Å²) in [6.07, 6.45) is 3.22. The first-order valence-corrected chi connectivity index (χ1v) is 7.08. The summed E-state index contributed by atoms with van der Waals surface area (Å²) < 4.78 is 14.2. The molecule has 1 saturated heterocycles. The molecule has 0 radical (unpaired) electrons. The van der Waals surface area contributed by atoms with E-state index in [1.54, 1.807) is 13.0 Å². The fourth-order valence-corrected chi connectivity index (χ4v) is 3.31. The minimum absolute atomic E-state index is 0.0547. The molecular weight excluding hydrogens is 252 g/mol. The van der Waals surface area contributed by atoms with Gasteiger partial charge in [-0.25, -0.2) is 4.79 Å². The molecule has 0 bridgehead atoms. The maximum Gasteiger partial charge on any atom is 0.354 e. The molecule has 1 aromatic rings. The van der Waals surface area contributed by atoms with Crippen molar-refractivity contribution in [3.05, 3.63) is 23.4 Å². The summed E-state index contributed by atoms with van der Waals surface area (Å²) in [7, 11) is 0. The van der Waals surface area contributed by atoms with Crippen LogP contribution in [0.25, 0.3) is 0 Å². The van der Waals surface area contributed by atoms with Crippen molar-refractivity contribution in [2.45, 2.75) is 31.2 Å². The Balaban J connectivity index is 2.25. The molecule has 2 heterocycles. The highest BCUT2D eigenvalue weighted by molar-refractivity contribution is 7.89. The van der Waals surface area contributed by atoms with Gasteiger partial charge in [-0.3, -0.25) is 0 Å². The second-order valence-corrected chi connectivity index (χ2v) is 5.76. The number of aromatic nitrogens is 1. The van der Waals surface area contributed by atoms with E-state index in [9.17, 15) is 9.35 Å². The van der Waals surface area contributed by atoms with Crippen LogP contribution in [-0.2, 0) is 11.4 Å². The van der Waals surface area contributed by atoms with Gasteiger partial charge in [0.1, 0.15) is 11.4 Å². The van der Waals surface area contributed by atoms with Gasteiger partial charge in [0, 0.05) is 18.7 Å². The van der Waals surface area contributed by atoms with Crippen molar-refractivity contribution < 1.29 is 14.5 Å². The number of aromatic carboxylic acids is 1. The third-order valence-electron chi connectivity index (χ3n) is 2.98. The van der Waals surface area contributed by atoms with Gasteiger partial charge in [0.15, 0.2) is 5.69 Å². The van der Waals surface area contributed by atoms with Gasteiger partial charge in [-0.1, -0.05) is 12.5 Å². The minimum atomic E-state index is -1.35. The molecule has 1 fully saturated rings. The molecule has 0 aliphatic carbocycles. The number of carboxylic acid groups (broad SMARTS) is 1. The van der Waals surface area contributed by atoms with Crippen molar-refractivity contribution >= 4 is 17.3 Å². The van der Waals surface area contributed by atoms with Crippen LogP contribution in [0, 0.1) is 6.92 Å². The molecule has 0 spiro atoms. The van der Waals surface area contributed by atoms with Crippen LogP contribution in [-0.4, -0.2) is 38.0 Å². The number of nitrogens with zero attached hydrogens (tertiary/aromatic N) is 2. The van der Waals surface area contributed by atoms with Crippen molar-refractivity contribution in [2.24, 2.45) is 0 Å². The average molecular weight is 268 g/mol. The van der Waals surface area contributed by atoms with Gasteiger partial charge in [-0.2, -0.15) is 4.98 Å². The summed E-state index contributed by atoms with van der Waals surface area (Å²) in [4.78, 5) is 14.9. The minimum Gasteiger partial charge on any atom is -0.591 e. The molecule has 1 atom stereocenters. The number of rotatable bonds is 3. The van der Waals surface area contributed by atoms with Crippen molar-refractivity contribution in [1.82, 2.24) is 9.29 Å². The number of pyridine rings is 1. The Bertz CT molecular complexity index is 447. The second-order valence-electron chi connectivity index (χ2n) is 4.36. The monoisotopic (exact) mass is 268 g/mol. The van der Waals surface area contributed by atoms with E-state index in [2.05, 4.69) is 4.98 Å². The quantitative estimate of drug-likeness (QED) is 0.842. The fourth-order valence-electron chi connectivity index (χ4n) is 1.96. The molecule has 1 N–H and O–H groups in total. The number of carbonyl (C=O) groups is 1. The summed E-state index contributed by atoms with van der Waals surface area (Å²) in [5.41, 5.74) is 0.713. The Morgan fingerprint density at radius 1 is 1.39 bits per heavy atom. The van der Waals surface area contributed by atoms with Crippen LogP contribution >= 0.6 is 0 Å². The van der Waals surface area contributed by atoms with Crippen molar-refractivity contribution in [3.63, 3.8) is 0 Å². The molecule has 1 aliphatic heterocycles. The van der Waals surface area contributed by atoms with Crippen LogP contribution in [0.5, 0.6) is 0 Å². The van der Waals surface area contributed by atoms with Crippen LogP contribution in [0.15, 0.2) is 17.2 Å². The smallest absolute Gasteiger partial charge is 0.354 e. The van der Waals surface area contributed by atoms with E-state index in [-0.39, 0.29) is 5.69 Å². The van der Waals surface area contributed by atoms with E-state index < -0.39 is 17.3 Å². The van der Waals surface area contributed by atoms with E-state index in [1.807, 2.05) is 4.31 Å². The standard InChI is InChI=1S/C12H16N2O3S/c1-9-5-6-10(12(15)16)13-11(9)18(17)14-7-3-2-4-8-14/h5-6H,2-4,7-8H2,1H3,(H,15,16). The highest BCUT2D eigenvalue weighted by Crippen LogP contribution is 2.21. The van der Waals surface area contributed by atoms with Gasteiger partial charge in [0.25, 0.3) is 5.03 Å². The molecule has 5 nitrogen and oxygen atoms in total. The summed E-state index contributed by atoms with van der Waals surface area (Å²) in [5.74, 6) is -1.09. The predicted molar refractivity (Wildman–Crippen MR) is 67.8 cm³/mol. The van der Waals surface area contributed by atoms with Crippen LogP contribution < -0.4 is 0 Å². The Morgan fingerprint density at radius 3 is 2.67 bits per heavy atom. The lowest BCUT2D eigenvalue weighted by Gasteiger charge is -2.26. The molecule has 0 aromatic carbocycles. The third kappa shape index (κ3) is 2.82. The first-order valence-electron chi connectivity index (χ1n) is 5.97. The maximum absolute atomic E-state index is 12.4. The topological polar surface area (TPSA) is 76.5 Å². The van der Waals surface area contributed by atoms with Gasteiger partial charge in [0.2, 0.25) is 0 Å². The molecule has 18 heavy (non-hydrogen) atoms. The first-order chi connectivity index (χ1) is 8.59. The Kier molecular flexibility index (Phi) is 4.21. The van der Waals surface area contributed by atoms with Gasteiger partial charge >= 0.3 is 5.97 Å². The van der Waals surface area contributed by atoms with Crippen molar-refractivity contribution in [3.8, 4) is 0 Å². The molecule has 98 valence electrons. The number of piperidine rings is 1. The zero-order valence-corrected chi connectivity index (χ0v) is 11.1. The Hall–Kier alpha value is -1.11. The Morgan fingerprint density at radius 2 is 2.06 bits per heavy atom. The lowest BCUT2D eigenvalue weighted by molar-refractivity contribution is 0.0689. The molecule has 1 aliphatic rings. The predicted octanol–water partition coefficient (Wildman–Crippen LogP) is 1.60. The summed E-state index contributed by atoms with van der Waals surface area (Å²) in [5, 5.41) is 9.29. The number of carboxylic acids is 1. The zero-order valence-electron chi connectivity index (χ0n) is 10.3. The zero-order chi connectivity index (χ0) is 13.1. The fraction of sp³-hybridized carbons (Fsp3) is 0.500. The van der Waals surface area contributed by atoms with Crippen LogP contribution in [0.2, 0.25) is 0 Å². The van der Waals surface area contributed by atoms with Gasteiger partial charge in [0.05, 0.1) is 0 Å². The summed E-state index contributed by atoms with van der Waals surface area (Å²) in [6, 6.07) is 3.10. The number of hydrogen-bond donors (Lipinski definition) is 1. The van der Waals surface area contributed by atoms with Crippen molar-refractivity contribution in [2.75, 3.05) is 13.1 Å². The molecule has 2 rings (SSSR count). The van der Waals surface area contributed by atoms with Crippen LogP contribution in [0.4, 0.5) is 0 Å². The van der Waals surface area contributed by atoms with Gasteiger partial charge in [-0.15, -0.1) is 4.31 Å². The number of hydrogen-bond acceptors (Lipinski definition) is 4.